The first-order valence-electron chi connectivity index (χ1n) is 9.09. The Kier molecular flexibility index (Phi) is 6.88. The molecule has 0 aromatic rings. The van der Waals surface area contributed by atoms with Crippen LogP contribution in [0.2, 0.25) is 0 Å². The van der Waals surface area contributed by atoms with Gasteiger partial charge in [0.1, 0.15) is 12.6 Å². The molecule has 0 saturated heterocycles. The van der Waals surface area contributed by atoms with Crippen LogP contribution in [-0.2, 0) is 14.3 Å². The van der Waals surface area contributed by atoms with E-state index < -0.39 is 6.04 Å². The summed E-state index contributed by atoms with van der Waals surface area (Å²) in [6, 6.07) is -0.482. The summed E-state index contributed by atoms with van der Waals surface area (Å²) in [7, 11) is 1.47. The molecule has 2 rings (SSSR count). The smallest absolute Gasteiger partial charge is 0.246 e. The van der Waals surface area contributed by atoms with E-state index in [2.05, 4.69) is 10.6 Å². The van der Waals surface area contributed by atoms with Crippen LogP contribution in [0.5, 0.6) is 0 Å². The highest BCUT2D eigenvalue weighted by atomic mass is 16.5. The molecule has 5 heteroatoms. The number of hydrogen-bond donors (Lipinski definition) is 2. The zero-order valence-electron chi connectivity index (χ0n) is 14.8. The molecule has 0 bridgehead atoms. The number of rotatable bonds is 8. The molecule has 2 fully saturated rings. The molecular weight excluding hydrogens is 292 g/mol. The Labute approximate surface area is 139 Å². The molecule has 0 aliphatic heterocycles. The van der Waals surface area contributed by atoms with Gasteiger partial charge in [-0.15, -0.1) is 0 Å². The maximum Gasteiger partial charge on any atom is 0.246 e. The maximum atomic E-state index is 12.4. The molecule has 132 valence electrons. The third-order valence-corrected chi connectivity index (χ3v) is 5.31. The summed E-state index contributed by atoms with van der Waals surface area (Å²) in [5, 5.41) is 5.81. The third-order valence-electron chi connectivity index (χ3n) is 5.31. The van der Waals surface area contributed by atoms with Crippen LogP contribution in [0, 0.1) is 23.7 Å². The van der Waals surface area contributed by atoms with Crippen molar-refractivity contribution in [2.24, 2.45) is 23.7 Å². The van der Waals surface area contributed by atoms with Crippen molar-refractivity contribution in [1.29, 1.82) is 0 Å². The number of carbonyl (C=O) groups is 2. The SMILES string of the molecule is COCC(=O)N[C@H](C(=O)NC[C@@H]1C[C@@H]1C1CCCCC1)C(C)C. The van der Waals surface area contributed by atoms with Gasteiger partial charge >= 0.3 is 0 Å². The van der Waals surface area contributed by atoms with Crippen LogP contribution in [0.25, 0.3) is 0 Å². The Morgan fingerprint density at radius 3 is 2.48 bits per heavy atom. The number of carbonyl (C=O) groups excluding carboxylic acids is 2. The highest BCUT2D eigenvalue weighted by Gasteiger charge is 2.42. The van der Waals surface area contributed by atoms with Gasteiger partial charge in [-0.3, -0.25) is 9.59 Å². The van der Waals surface area contributed by atoms with E-state index in [0.29, 0.717) is 5.92 Å². The summed E-state index contributed by atoms with van der Waals surface area (Å²) >= 11 is 0. The molecule has 0 unspecified atom stereocenters. The largest absolute Gasteiger partial charge is 0.375 e. The van der Waals surface area contributed by atoms with Crippen LogP contribution in [0.4, 0.5) is 0 Å². The summed E-state index contributed by atoms with van der Waals surface area (Å²) in [4.78, 5) is 24.0. The maximum absolute atomic E-state index is 12.4. The van der Waals surface area contributed by atoms with Crippen LogP contribution in [-0.4, -0.2) is 38.1 Å². The normalized spacial score (nSPS) is 25.9. The lowest BCUT2D eigenvalue weighted by Gasteiger charge is -2.23. The first-order valence-corrected chi connectivity index (χ1v) is 9.09. The molecule has 5 nitrogen and oxygen atoms in total. The van der Waals surface area contributed by atoms with E-state index >= 15 is 0 Å². The van der Waals surface area contributed by atoms with Gasteiger partial charge in [-0.25, -0.2) is 0 Å². The molecule has 2 aliphatic carbocycles. The van der Waals surface area contributed by atoms with E-state index in [1.807, 2.05) is 13.8 Å². The van der Waals surface area contributed by atoms with Crippen molar-refractivity contribution in [2.75, 3.05) is 20.3 Å². The molecular formula is C18H32N2O3. The highest BCUT2D eigenvalue weighted by Crippen LogP contribution is 2.48. The van der Waals surface area contributed by atoms with Gasteiger partial charge in [0.2, 0.25) is 11.8 Å². The van der Waals surface area contributed by atoms with Gasteiger partial charge < -0.3 is 15.4 Å². The van der Waals surface area contributed by atoms with Gasteiger partial charge in [-0.1, -0.05) is 46.0 Å². The monoisotopic (exact) mass is 324 g/mol. The molecule has 23 heavy (non-hydrogen) atoms. The number of ether oxygens (including phenoxy) is 1. The van der Waals surface area contributed by atoms with Crippen LogP contribution >= 0.6 is 0 Å². The lowest BCUT2D eigenvalue weighted by Crippen LogP contribution is -2.51. The zero-order valence-corrected chi connectivity index (χ0v) is 14.8. The van der Waals surface area contributed by atoms with E-state index in [0.717, 1.165) is 18.4 Å². The number of methoxy groups -OCH3 is 1. The van der Waals surface area contributed by atoms with Gasteiger partial charge in [-0.05, 0) is 30.1 Å². The average Bonchev–Trinajstić information content (AvgIpc) is 3.31. The predicted octanol–water partition coefficient (Wildman–Crippen LogP) is 2.11. The van der Waals surface area contributed by atoms with Gasteiger partial charge in [0.15, 0.2) is 0 Å². The van der Waals surface area contributed by atoms with Crippen LogP contribution in [0.1, 0.15) is 52.4 Å². The van der Waals surface area contributed by atoms with Crippen molar-refractivity contribution in [3.63, 3.8) is 0 Å². The Morgan fingerprint density at radius 1 is 1.17 bits per heavy atom. The summed E-state index contributed by atoms with van der Waals surface area (Å²) in [6.07, 6.45) is 8.14. The molecule has 0 radical (unpaired) electrons. The Morgan fingerprint density at radius 2 is 1.87 bits per heavy atom. The molecule has 3 atom stereocenters. The van der Waals surface area contributed by atoms with Crippen molar-refractivity contribution in [2.45, 2.75) is 58.4 Å². The summed E-state index contributed by atoms with van der Waals surface area (Å²) in [5.74, 6) is 2.09. The standard InChI is InChI=1S/C18H32N2O3/c1-12(2)17(20-16(21)11-23-3)18(22)19-10-14-9-15(14)13-7-5-4-6-8-13/h12-15,17H,4-11H2,1-3H3,(H,19,22)(H,20,21)/t14-,15+,17-/m0/s1. The van der Waals surface area contributed by atoms with Crippen molar-refractivity contribution >= 4 is 11.8 Å². The summed E-state index contributed by atoms with van der Waals surface area (Å²) in [6.45, 7) is 4.63. The lowest BCUT2D eigenvalue weighted by molar-refractivity contribution is -0.132. The fourth-order valence-corrected chi connectivity index (χ4v) is 3.87. The van der Waals surface area contributed by atoms with Crippen LogP contribution < -0.4 is 10.6 Å². The average molecular weight is 324 g/mol. The van der Waals surface area contributed by atoms with Gasteiger partial charge in [0, 0.05) is 13.7 Å². The molecule has 2 amide bonds. The third kappa shape index (κ3) is 5.48. The van der Waals surface area contributed by atoms with Gasteiger partial charge in [0.05, 0.1) is 0 Å². The predicted molar refractivity (Wildman–Crippen MR) is 89.8 cm³/mol. The van der Waals surface area contributed by atoms with E-state index in [9.17, 15) is 9.59 Å². The minimum Gasteiger partial charge on any atom is -0.375 e. The Hall–Kier alpha value is -1.10. The van der Waals surface area contributed by atoms with Crippen molar-refractivity contribution in [1.82, 2.24) is 10.6 Å². The first-order chi connectivity index (χ1) is 11.0. The highest BCUT2D eigenvalue weighted by molar-refractivity contribution is 5.88. The fraction of sp³-hybridized carbons (Fsp3) is 0.889. The molecule has 2 aliphatic rings. The fourth-order valence-electron chi connectivity index (χ4n) is 3.87. The second-order valence-electron chi connectivity index (χ2n) is 7.53. The Balaban J connectivity index is 1.73. The van der Waals surface area contributed by atoms with Gasteiger partial charge in [0.25, 0.3) is 0 Å². The molecule has 2 N–H and O–H groups in total. The molecule has 0 heterocycles. The topological polar surface area (TPSA) is 67.4 Å². The van der Waals surface area contributed by atoms with Crippen LogP contribution in [0.15, 0.2) is 0 Å². The molecule has 2 saturated carbocycles. The number of amides is 2. The van der Waals surface area contributed by atoms with Crippen LogP contribution in [0.3, 0.4) is 0 Å². The molecule has 0 aromatic heterocycles. The second-order valence-corrected chi connectivity index (χ2v) is 7.53. The minimum absolute atomic E-state index is 0.0110. The number of nitrogens with one attached hydrogen (secondary N) is 2. The zero-order chi connectivity index (χ0) is 16.8. The number of hydrogen-bond acceptors (Lipinski definition) is 3. The van der Waals surface area contributed by atoms with E-state index in [4.69, 9.17) is 4.74 Å². The lowest BCUT2D eigenvalue weighted by atomic mass is 9.85. The van der Waals surface area contributed by atoms with Gasteiger partial charge in [-0.2, -0.15) is 0 Å². The quantitative estimate of drug-likeness (QED) is 0.718. The van der Waals surface area contributed by atoms with Crippen molar-refractivity contribution in [3.05, 3.63) is 0 Å². The van der Waals surface area contributed by atoms with Crippen molar-refractivity contribution in [3.8, 4) is 0 Å². The van der Waals surface area contributed by atoms with E-state index in [-0.39, 0.29) is 24.3 Å². The summed E-state index contributed by atoms with van der Waals surface area (Å²) < 4.78 is 4.81. The first kappa shape index (κ1) is 18.2. The molecule has 0 aromatic carbocycles. The molecule has 0 spiro atoms. The Bertz CT molecular complexity index is 405. The second kappa shape index (κ2) is 8.67. The minimum atomic E-state index is -0.482. The van der Waals surface area contributed by atoms with E-state index in [1.165, 1.54) is 45.6 Å². The van der Waals surface area contributed by atoms with E-state index in [1.54, 1.807) is 0 Å². The van der Waals surface area contributed by atoms with Crippen molar-refractivity contribution < 1.29 is 14.3 Å². The summed E-state index contributed by atoms with van der Waals surface area (Å²) in [5.41, 5.74) is 0.